The fourth-order valence-electron chi connectivity index (χ4n) is 2.00. The first-order valence-corrected chi connectivity index (χ1v) is 8.57. The van der Waals surface area contributed by atoms with Crippen LogP contribution in [0.3, 0.4) is 0 Å². The number of nitrogens with zero attached hydrogens (tertiary/aromatic N) is 1. The zero-order valence-corrected chi connectivity index (χ0v) is 14.2. The van der Waals surface area contributed by atoms with Crippen molar-refractivity contribution in [2.75, 3.05) is 6.54 Å². The van der Waals surface area contributed by atoms with E-state index in [1.165, 1.54) is 11.3 Å². The van der Waals surface area contributed by atoms with E-state index in [1.807, 2.05) is 25.3 Å². The Kier molecular flexibility index (Phi) is 6.55. The van der Waals surface area contributed by atoms with Crippen LogP contribution >= 0.6 is 11.3 Å². The number of thiazole rings is 1. The van der Waals surface area contributed by atoms with Crippen LogP contribution in [0.15, 0.2) is 35.2 Å². The molecule has 23 heavy (non-hydrogen) atoms. The number of carbonyl (C=O) groups is 1. The third-order valence-electron chi connectivity index (χ3n) is 3.49. The van der Waals surface area contributed by atoms with E-state index in [0.717, 1.165) is 5.69 Å². The summed E-state index contributed by atoms with van der Waals surface area (Å²) in [6.07, 6.45) is 0.122. The van der Waals surface area contributed by atoms with Gasteiger partial charge in [0.2, 0.25) is 0 Å². The molecule has 2 N–H and O–H groups in total. The normalized spacial score (nSPS) is 12.2. The molecule has 0 spiro atoms. The highest BCUT2D eigenvalue weighted by atomic mass is 32.1. The molecule has 1 aromatic heterocycles. The Morgan fingerprint density at radius 3 is 2.87 bits per heavy atom. The van der Waals surface area contributed by atoms with Crippen LogP contribution in [-0.4, -0.2) is 28.6 Å². The number of ether oxygens (including phenoxy) is 1. The van der Waals surface area contributed by atoms with Crippen molar-refractivity contribution in [3.05, 3.63) is 46.4 Å². The number of aliphatic hydroxyl groups is 1. The van der Waals surface area contributed by atoms with E-state index < -0.39 is 6.10 Å². The van der Waals surface area contributed by atoms with E-state index in [1.54, 1.807) is 23.7 Å². The number of hydrogen-bond donors (Lipinski definition) is 2. The fourth-order valence-corrected chi connectivity index (χ4v) is 2.55. The van der Waals surface area contributed by atoms with Gasteiger partial charge in [-0.2, -0.15) is 0 Å². The second-order valence-electron chi connectivity index (χ2n) is 5.62. The molecule has 0 radical (unpaired) electrons. The predicted octanol–water partition coefficient (Wildman–Crippen LogP) is 2.86. The first-order chi connectivity index (χ1) is 11.1. The van der Waals surface area contributed by atoms with Crippen molar-refractivity contribution >= 4 is 17.2 Å². The lowest BCUT2D eigenvalue weighted by Gasteiger charge is -2.15. The summed E-state index contributed by atoms with van der Waals surface area (Å²) >= 11 is 1.51. The molecule has 0 aliphatic carbocycles. The van der Waals surface area contributed by atoms with Gasteiger partial charge in [0.05, 0.1) is 22.9 Å². The molecular formula is C17H22N2O3S. The maximum Gasteiger partial charge on any atom is 0.255 e. The summed E-state index contributed by atoms with van der Waals surface area (Å²) in [4.78, 5) is 16.4. The molecule has 1 amide bonds. The minimum atomic E-state index is -0.411. The lowest BCUT2D eigenvalue weighted by Crippen LogP contribution is -2.29. The maximum absolute atomic E-state index is 12.3. The first-order valence-electron chi connectivity index (χ1n) is 7.63. The topological polar surface area (TPSA) is 71.5 Å². The van der Waals surface area contributed by atoms with Crippen molar-refractivity contribution in [2.24, 2.45) is 5.92 Å². The van der Waals surface area contributed by atoms with Crippen LogP contribution < -0.4 is 10.1 Å². The van der Waals surface area contributed by atoms with E-state index in [9.17, 15) is 9.90 Å². The lowest BCUT2D eigenvalue weighted by molar-refractivity contribution is 0.0916. The zero-order valence-electron chi connectivity index (χ0n) is 13.4. The number of hydrogen-bond acceptors (Lipinski definition) is 5. The number of nitrogens with one attached hydrogen (secondary N) is 1. The average molecular weight is 334 g/mol. The van der Waals surface area contributed by atoms with Gasteiger partial charge < -0.3 is 15.2 Å². The third-order valence-corrected chi connectivity index (χ3v) is 4.12. The smallest absolute Gasteiger partial charge is 0.255 e. The van der Waals surface area contributed by atoms with E-state index >= 15 is 0 Å². The van der Waals surface area contributed by atoms with Crippen LogP contribution in [0, 0.1) is 5.92 Å². The molecular weight excluding hydrogens is 312 g/mol. The molecule has 2 rings (SSSR count). The lowest BCUT2D eigenvalue weighted by atomic mass is 10.0. The zero-order chi connectivity index (χ0) is 16.7. The second-order valence-corrected chi connectivity index (χ2v) is 6.34. The van der Waals surface area contributed by atoms with Crippen molar-refractivity contribution in [3.63, 3.8) is 0 Å². The van der Waals surface area contributed by atoms with E-state index in [2.05, 4.69) is 10.3 Å². The Bertz CT molecular complexity index is 614. The van der Waals surface area contributed by atoms with E-state index in [-0.39, 0.29) is 11.8 Å². The van der Waals surface area contributed by atoms with Gasteiger partial charge in [0.25, 0.3) is 5.91 Å². The van der Waals surface area contributed by atoms with Gasteiger partial charge in [-0.15, -0.1) is 11.3 Å². The standard InChI is InChI=1S/C17H22N2O3S/c1-12(2)15(20)7-8-18-17(21)14-5-3-4-6-16(14)22-9-13-10-23-11-19-13/h3-6,10-12,15,20H,7-9H2,1-2H3,(H,18,21). The highest BCUT2D eigenvalue weighted by Gasteiger charge is 2.14. The molecule has 0 aliphatic rings. The maximum atomic E-state index is 12.3. The Morgan fingerprint density at radius 2 is 2.17 bits per heavy atom. The van der Waals surface area contributed by atoms with Gasteiger partial charge in [-0.25, -0.2) is 4.98 Å². The molecule has 0 saturated carbocycles. The van der Waals surface area contributed by atoms with Gasteiger partial charge in [-0.05, 0) is 24.5 Å². The Hall–Kier alpha value is -1.92. The highest BCUT2D eigenvalue weighted by molar-refractivity contribution is 7.07. The van der Waals surface area contributed by atoms with Gasteiger partial charge in [-0.1, -0.05) is 26.0 Å². The van der Waals surface area contributed by atoms with E-state index in [4.69, 9.17) is 4.74 Å². The van der Waals surface area contributed by atoms with Gasteiger partial charge in [-0.3, -0.25) is 4.79 Å². The number of benzene rings is 1. The Morgan fingerprint density at radius 1 is 1.39 bits per heavy atom. The molecule has 124 valence electrons. The van der Waals surface area contributed by atoms with E-state index in [0.29, 0.717) is 30.9 Å². The fraction of sp³-hybridized carbons (Fsp3) is 0.412. The van der Waals surface area contributed by atoms with Crippen LogP contribution in [-0.2, 0) is 6.61 Å². The van der Waals surface area contributed by atoms with Gasteiger partial charge in [0, 0.05) is 11.9 Å². The molecule has 1 unspecified atom stereocenters. The number of aliphatic hydroxyl groups excluding tert-OH is 1. The summed E-state index contributed by atoms with van der Waals surface area (Å²) in [5.41, 5.74) is 3.07. The third kappa shape index (κ3) is 5.33. The molecule has 0 aliphatic heterocycles. The number of para-hydroxylation sites is 1. The molecule has 1 aromatic carbocycles. The summed E-state index contributed by atoms with van der Waals surface area (Å²) in [7, 11) is 0. The molecule has 1 atom stereocenters. The SMILES string of the molecule is CC(C)C(O)CCNC(=O)c1ccccc1OCc1cscn1. The first kappa shape index (κ1) is 17.4. The van der Waals surface area contributed by atoms with Gasteiger partial charge >= 0.3 is 0 Å². The Balaban J connectivity index is 1.92. The minimum Gasteiger partial charge on any atom is -0.486 e. The number of rotatable bonds is 8. The number of amides is 1. The van der Waals surface area contributed by atoms with Crippen LogP contribution in [0.25, 0.3) is 0 Å². The van der Waals surface area contributed by atoms with Crippen molar-refractivity contribution in [2.45, 2.75) is 33.0 Å². The summed E-state index contributed by atoms with van der Waals surface area (Å²) in [5, 5.41) is 14.5. The summed E-state index contributed by atoms with van der Waals surface area (Å²) < 4.78 is 5.70. The average Bonchev–Trinajstić information content (AvgIpc) is 3.06. The monoisotopic (exact) mass is 334 g/mol. The summed E-state index contributed by atoms with van der Waals surface area (Å²) in [5.74, 6) is 0.512. The number of aromatic nitrogens is 1. The van der Waals surface area contributed by atoms with Crippen molar-refractivity contribution in [3.8, 4) is 5.75 Å². The van der Waals surface area contributed by atoms with Crippen LogP contribution in [0.2, 0.25) is 0 Å². The summed E-state index contributed by atoms with van der Waals surface area (Å²) in [6, 6.07) is 7.12. The van der Waals surface area contributed by atoms with Crippen molar-refractivity contribution < 1.29 is 14.6 Å². The molecule has 6 heteroatoms. The van der Waals surface area contributed by atoms with Crippen molar-refractivity contribution in [1.82, 2.24) is 10.3 Å². The van der Waals surface area contributed by atoms with Crippen LogP contribution in [0.5, 0.6) is 5.75 Å². The van der Waals surface area contributed by atoms with Gasteiger partial charge in [0.15, 0.2) is 0 Å². The summed E-state index contributed by atoms with van der Waals surface area (Å²) in [6.45, 7) is 4.67. The minimum absolute atomic E-state index is 0.181. The molecule has 0 fully saturated rings. The molecule has 5 nitrogen and oxygen atoms in total. The van der Waals surface area contributed by atoms with Gasteiger partial charge in [0.1, 0.15) is 12.4 Å². The van der Waals surface area contributed by atoms with Crippen LogP contribution in [0.1, 0.15) is 36.3 Å². The highest BCUT2D eigenvalue weighted by Crippen LogP contribution is 2.19. The molecule has 2 aromatic rings. The quantitative estimate of drug-likeness (QED) is 0.779. The van der Waals surface area contributed by atoms with Crippen LogP contribution in [0.4, 0.5) is 0 Å². The number of carbonyl (C=O) groups excluding carboxylic acids is 1. The van der Waals surface area contributed by atoms with Crippen molar-refractivity contribution in [1.29, 1.82) is 0 Å². The predicted molar refractivity (Wildman–Crippen MR) is 90.7 cm³/mol. The molecule has 0 saturated heterocycles. The Labute approximate surface area is 140 Å². The molecule has 1 heterocycles. The second kappa shape index (κ2) is 8.64. The molecule has 0 bridgehead atoms. The largest absolute Gasteiger partial charge is 0.486 e.